The van der Waals surface area contributed by atoms with Crippen molar-refractivity contribution in [1.82, 2.24) is 9.59 Å². The van der Waals surface area contributed by atoms with Crippen LogP contribution >= 0.6 is 11.5 Å². The number of aromatic nitrogens is 2. The van der Waals surface area contributed by atoms with E-state index in [0.29, 0.717) is 5.69 Å². The lowest BCUT2D eigenvalue weighted by molar-refractivity contribution is 0.0540. The van der Waals surface area contributed by atoms with Gasteiger partial charge in [-0.05, 0) is 11.5 Å². The first kappa shape index (κ1) is 11.8. The molecule has 1 heterocycles. The minimum atomic E-state index is -0.437. The zero-order valence-corrected chi connectivity index (χ0v) is 9.93. The molecule has 1 aromatic rings. The molecule has 0 N–H and O–H groups in total. The molecule has 5 heteroatoms. The van der Waals surface area contributed by atoms with Crippen LogP contribution in [0.2, 0.25) is 0 Å². The third-order valence-corrected chi connectivity index (χ3v) is 2.85. The number of hydrogen-bond donors (Lipinski definition) is 0. The van der Waals surface area contributed by atoms with Gasteiger partial charge in [-0.3, -0.25) is 0 Å². The number of esters is 1. The molecule has 0 spiro atoms. The van der Waals surface area contributed by atoms with Crippen molar-refractivity contribution in [3.05, 3.63) is 23.2 Å². The molecule has 0 aliphatic carbocycles. The normalized spacial score (nSPS) is 11.1. The molecule has 0 radical (unpaired) electrons. The highest BCUT2D eigenvalue weighted by molar-refractivity contribution is 7.06. The maximum atomic E-state index is 11.6. The van der Waals surface area contributed by atoms with E-state index >= 15 is 0 Å². The zero-order valence-electron chi connectivity index (χ0n) is 9.11. The fourth-order valence-corrected chi connectivity index (χ4v) is 1.71. The fraction of sp³-hybridized carbons (Fsp3) is 0.500. The molecule has 0 saturated heterocycles. The van der Waals surface area contributed by atoms with Crippen LogP contribution in [0.25, 0.3) is 0 Å². The largest absolute Gasteiger partial charge is 0.457 e. The zero-order chi connectivity index (χ0) is 11.5. The van der Waals surface area contributed by atoms with Crippen LogP contribution in [0.4, 0.5) is 0 Å². The Kier molecular flexibility index (Phi) is 3.57. The van der Waals surface area contributed by atoms with E-state index in [9.17, 15) is 4.79 Å². The lowest BCUT2D eigenvalue weighted by atomic mass is 9.93. The van der Waals surface area contributed by atoms with Crippen molar-refractivity contribution in [3.63, 3.8) is 0 Å². The second-order valence-corrected chi connectivity index (χ2v) is 4.84. The molecule has 4 nitrogen and oxygen atoms in total. The summed E-state index contributed by atoms with van der Waals surface area (Å²) in [5.74, 6) is -0.437. The fourth-order valence-electron chi connectivity index (χ4n) is 1.02. The van der Waals surface area contributed by atoms with Gasteiger partial charge in [0.15, 0.2) is 5.69 Å². The summed E-state index contributed by atoms with van der Waals surface area (Å²) in [5, 5.41) is 3.80. The van der Waals surface area contributed by atoms with Gasteiger partial charge in [0, 0.05) is 5.41 Å². The predicted molar refractivity (Wildman–Crippen MR) is 59.1 cm³/mol. The van der Waals surface area contributed by atoms with E-state index in [1.54, 1.807) is 0 Å². The number of ether oxygens (including phenoxy) is 1. The molecule has 0 unspecified atom stereocenters. The van der Waals surface area contributed by atoms with E-state index in [-0.39, 0.29) is 12.0 Å². The van der Waals surface area contributed by atoms with E-state index in [4.69, 9.17) is 4.74 Å². The Hall–Kier alpha value is -1.23. The standard InChI is InChI=1S/C10H14N2O2S/c1-5-6-14-9(13)7-8(10(2,3)4)15-12-11-7/h5H,1,6H2,2-4H3. The maximum absolute atomic E-state index is 11.6. The number of hydrogen-bond acceptors (Lipinski definition) is 5. The second kappa shape index (κ2) is 4.53. The van der Waals surface area contributed by atoms with Crippen LogP contribution in [0.15, 0.2) is 12.7 Å². The maximum Gasteiger partial charge on any atom is 0.360 e. The highest BCUT2D eigenvalue weighted by Gasteiger charge is 2.26. The molecule has 0 aliphatic heterocycles. The monoisotopic (exact) mass is 226 g/mol. The average Bonchev–Trinajstić information content (AvgIpc) is 2.61. The molecule has 0 aromatic carbocycles. The summed E-state index contributed by atoms with van der Waals surface area (Å²) in [6.07, 6.45) is 1.52. The summed E-state index contributed by atoms with van der Waals surface area (Å²) < 4.78 is 8.70. The first-order valence-corrected chi connectivity index (χ1v) is 5.35. The molecular weight excluding hydrogens is 212 g/mol. The second-order valence-electron chi connectivity index (χ2n) is 4.09. The predicted octanol–water partition coefficient (Wildman–Crippen LogP) is 2.18. The van der Waals surface area contributed by atoms with Gasteiger partial charge >= 0.3 is 5.97 Å². The minimum absolute atomic E-state index is 0.142. The van der Waals surface area contributed by atoms with Crippen LogP contribution in [-0.2, 0) is 10.2 Å². The Balaban J connectivity index is 2.90. The van der Waals surface area contributed by atoms with Gasteiger partial charge in [0.05, 0.1) is 4.88 Å². The van der Waals surface area contributed by atoms with Crippen LogP contribution < -0.4 is 0 Å². The average molecular weight is 226 g/mol. The van der Waals surface area contributed by atoms with Crippen molar-refractivity contribution < 1.29 is 9.53 Å². The van der Waals surface area contributed by atoms with E-state index in [0.717, 1.165) is 4.88 Å². The third-order valence-electron chi connectivity index (χ3n) is 1.69. The Labute approximate surface area is 93.1 Å². The van der Waals surface area contributed by atoms with Crippen molar-refractivity contribution in [2.75, 3.05) is 6.61 Å². The molecule has 0 aliphatic rings. The van der Waals surface area contributed by atoms with Gasteiger partial charge in [0.1, 0.15) is 6.61 Å². The van der Waals surface area contributed by atoms with Gasteiger partial charge in [-0.2, -0.15) is 0 Å². The van der Waals surface area contributed by atoms with Crippen LogP contribution in [-0.4, -0.2) is 22.2 Å². The smallest absolute Gasteiger partial charge is 0.360 e. The molecule has 1 rings (SSSR count). The Morgan fingerprint density at radius 3 is 2.80 bits per heavy atom. The van der Waals surface area contributed by atoms with E-state index in [1.807, 2.05) is 20.8 Å². The third kappa shape index (κ3) is 2.86. The highest BCUT2D eigenvalue weighted by Crippen LogP contribution is 2.28. The summed E-state index contributed by atoms with van der Waals surface area (Å²) >= 11 is 1.23. The summed E-state index contributed by atoms with van der Waals surface area (Å²) in [5.41, 5.74) is 0.172. The van der Waals surface area contributed by atoms with Gasteiger partial charge in [-0.1, -0.05) is 37.9 Å². The van der Waals surface area contributed by atoms with Crippen molar-refractivity contribution in [3.8, 4) is 0 Å². The van der Waals surface area contributed by atoms with E-state index in [2.05, 4.69) is 16.2 Å². The number of rotatable bonds is 3. The molecule has 0 fully saturated rings. The molecule has 82 valence electrons. The summed E-state index contributed by atoms with van der Waals surface area (Å²) in [6, 6.07) is 0. The summed E-state index contributed by atoms with van der Waals surface area (Å²) in [6.45, 7) is 9.69. The molecule has 1 aromatic heterocycles. The molecular formula is C10H14N2O2S. The van der Waals surface area contributed by atoms with Gasteiger partial charge in [-0.15, -0.1) is 5.10 Å². The lowest BCUT2D eigenvalue weighted by Crippen LogP contribution is -2.16. The lowest BCUT2D eigenvalue weighted by Gasteiger charge is -2.15. The van der Waals surface area contributed by atoms with Gasteiger partial charge in [0.2, 0.25) is 0 Å². The number of carbonyl (C=O) groups is 1. The molecule has 15 heavy (non-hydrogen) atoms. The van der Waals surface area contributed by atoms with Crippen molar-refractivity contribution in [2.45, 2.75) is 26.2 Å². The molecule has 0 atom stereocenters. The molecule has 0 amide bonds. The van der Waals surface area contributed by atoms with Crippen molar-refractivity contribution in [2.24, 2.45) is 0 Å². The Morgan fingerprint density at radius 2 is 2.27 bits per heavy atom. The highest BCUT2D eigenvalue weighted by atomic mass is 32.1. The van der Waals surface area contributed by atoms with E-state index < -0.39 is 5.97 Å². The van der Waals surface area contributed by atoms with Crippen LogP contribution in [0, 0.1) is 0 Å². The molecule has 0 bridgehead atoms. The van der Waals surface area contributed by atoms with Crippen LogP contribution in [0.3, 0.4) is 0 Å². The van der Waals surface area contributed by atoms with Crippen LogP contribution in [0.1, 0.15) is 36.1 Å². The Morgan fingerprint density at radius 1 is 1.60 bits per heavy atom. The van der Waals surface area contributed by atoms with Gasteiger partial charge in [0.25, 0.3) is 0 Å². The SMILES string of the molecule is C=CCOC(=O)c1nnsc1C(C)(C)C. The van der Waals surface area contributed by atoms with Gasteiger partial charge in [-0.25, -0.2) is 4.79 Å². The molecule has 0 saturated carbocycles. The minimum Gasteiger partial charge on any atom is -0.457 e. The topological polar surface area (TPSA) is 52.1 Å². The Bertz CT molecular complexity index is 366. The summed E-state index contributed by atoms with van der Waals surface area (Å²) in [7, 11) is 0. The number of carbonyl (C=O) groups excluding carboxylic acids is 1. The summed E-state index contributed by atoms with van der Waals surface area (Å²) in [4.78, 5) is 12.4. The van der Waals surface area contributed by atoms with Crippen molar-refractivity contribution >= 4 is 17.5 Å². The quantitative estimate of drug-likeness (QED) is 0.585. The first-order valence-electron chi connectivity index (χ1n) is 4.57. The number of nitrogens with zero attached hydrogens (tertiary/aromatic N) is 2. The van der Waals surface area contributed by atoms with Gasteiger partial charge < -0.3 is 4.74 Å². The van der Waals surface area contributed by atoms with E-state index in [1.165, 1.54) is 17.6 Å². The van der Waals surface area contributed by atoms with Crippen molar-refractivity contribution in [1.29, 1.82) is 0 Å². The van der Waals surface area contributed by atoms with Crippen LogP contribution in [0.5, 0.6) is 0 Å². The first-order chi connectivity index (χ1) is 6.96.